The maximum atomic E-state index is 11.2. The molecule has 1 heterocycles. The lowest BCUT2D eigenvalue weighted by molar-refractivity contribution is -0.127. The quantitative estimate of drug-likeness (QED) is 0.569. The Hall–Kier alpha value is -0.510. The number of amidine groups is 1. The molecule has 0 spiro atoms. The van der Waals surface area contributed by atoms with Gasteiger partial charge in [-0.15, -0.1) is 0 Å². The Balaban J connectivity index is 2.92. The molecule has 1 saturated heterocycles. The van der Waals surface area contributed by atoms with Gasteiger partial charge in [-0.05, 0) is 13.8 Å². The summed E-state index contributed by atoms with van der Waals surface area (Å²) in [6, 6.07) is 0. The molecule has 1 aliphatic rings. The summed E-state index contributed by atoms with van der Waals surface area (Å²) in [4.78, 5) is 12.6. The third kappa shape index (κ3) is 0.923. The van der Waals surface area contributed by atoms with Crippen LogP contribution in [-0.2, 0) is 4.79 Å². The fourth-order valence-electron chi connectivity index (χ4n) is 0.850. The minimum atomic E-state index is -0.425. The zero-order valence-corrected chi connectivity index (χ0v) is 7.08. The third-order valence-corrected chi connectivity index (χ3v) is 2.63. The molecule has 0 aromatic heterocycles. The van der Waals surface area contributed by atoms with E-state index in [2.05, 4.69) is 0 Å². The van der Waals surface area contributed by atoms with Crippen molar-refractivity contribution in [3.05, 3.63) is 0 Å². The van der Waals surface area contributed by atoms with Gasteiger partial charge in [-0.3, -0.25) is 15.1 Å². The van der Waals surface area contributed by atoms with Crippen LogP contribution in [0.15, 0.2) is 0 Å². The number of nitrogens with one attached hydrogen (secondary N) is 1. The van der Waals surface area contributed by atoms with Crippen molar-refractivity contribution in [3.63, 3.8) is 0 Å². The first-order valence-electron chi connectivity index (χ1n) is 3.01. The topological polar surface area (TPSA) is 44.2 Å². The molecule has 4 heteroatoms. The van der Waals surface area contributed by atoms with E-state index in [1.807, 2.05) is 13.8 Å². The van der Waals surface area contributed by atoms with Crippen LogP contribution in [0.1, 0.15) is 13.8 Å². The monoisotopic (exact) mass is 158 g/mol. The standard InChI is InChI=1S/C6H10N2OS/c1-6(2)4(9)8(3)5(7)10-6/h7H,1-3H3. The van der Waals surface area contributed by atoms with Crippen LogP contribution in [0.2, 0.25) is 0 Å². The molecular weight excluding hydrogens is 148 g/mol. The molecule has 0 aliphatic carbocycles. The van der Waals surface area contributed by atoms with Gasteiger partial charge in [0, 0.05) is 7.05 Å². The van der Waals surface area contributed by atoms with Crippen LogP contribution in [-0.4, -0.2) is 27.8 Å². The molecule has 0 atom stereocenters. The highest BCUT2D eigenvalue weighted by Gasteiger charge is 2.41. The molecule has 1 amide bonds. The molecule has 3 nitrogen and oxygen atoms in total. The van der Waals surface area contributed by atoms with Gasteiger partial charge in [0.25, 0.3) is 0 Å². The lowest BCUT2D eigenvalue weighted by Crippen LogP contribution is -2.32. The Kier molecular flexibility index (Phi) is 1.51. The second-order valence-corrected chi connectivity index (χ2v) is 4.39. The highest BCUT2D eigenvalue weighted by atomic mass is 32.2. The van der Waals surface area contributed by atoms with Crippen molar-refractivity contribution in [1.29, 1.82) is 5.41 Å². The number of rotatable bonds is 0. The fourth-order valence-corrected chi connectivity index (χ4v) is 1.78. The second kappa shape index (κ2) is 1.99. The van der Waals surface area contributed by atoms with Crippen molar-refractivity contribution >= 4 is 22.8 Å². The van der Waals surface area contributed by atoms with Crippen LogP contribution < -0.4 is 0 Å². The van der Waals surface area contributed by atoms with Crippen LogP contribution in [0.25, 0.3) is 0 Å². The Bertz CT molecular complexity index is 200. The van der Waals surface area contributed by atoms with Gasteiger partial charge in [0.2, 0.25) is 5.91 Å². The second-order valence-electron chi connectivity index (χ2n) is 2.78. The van der Waals surface area contributed by atoms with Crippen molar-refractivity contribution < 1.29 is 4.79 Å². The van der Waals surface area contributed by atoms with E-state index in [9.17, 15) is 4.79 Å². The zero-order valence-electron chi connectivity index (χ0n) is 6.26. The van der Waals surface area contributed by atoms with Crippen molar-refractivity contribution in [2.75, 3.05) is 7.05 Å². The van der Waals surface area contributed by atoms with Crippen molar-refractivity contribution in [3.8, 4) is 0 Å². The molecule has 1 rings (SSSR count). The molecule has 1 aliphatic heterocycles. The number of carbonyl (C=O) groups excluding carboxylic acids is 1. The van der Waals surface area contributed by atoms with Crippen LogP contribution in [0.4, 0.5) is 0 Å². The van der Waals surface area contributed by atoms with Gasteiger partial charge >= 0.3 is 0 Å². The summed E-state index contributed by atoms with van der Waals surface area (Å²) in [5.41, 5.74) is 0. The smallest absolute Gasteiger partial charge is 0.244 e. The summed E-state index contributed by atoms with van der Waals surface area (Å²) in [7, 11) is 1.63. The molecule has 10 heavy (non-hydrogen) atoms. The van der Waals surface area contributed by atoms with Crippen molar-refractivity contribution in [2.24, 2.45) is 0 Å². The average Bonchev–Trinajstić information content (AvgIpc) is 1.95. The molecule has 0 aromatic carbocycles. The first-order chi connectivity index (χ1) is 4.45. The van der Waals surface area contributed by atoms with Gasteiger partial charge in [0.05, 0.1) is 4.75 Å². The summed E-state index contributed by atoms with van der Waals surface area (Å²) >= 11 is 1.30. The van der Waals surface area contributed by atoms with E-state index in [4.69, 9.17) is 5.41 Å². The molecule has 1 fully saturated rings. The molecular formula is C6H10N2OS. The number of nitrogens with zero attached hydrogens (tertiary/aromatic N) is 1. The Morgan fingerprint density at radius 1 is 1.60 bits per heavy atom. The Morgan fingerprint density at radius 3 is 2.20 bits per heavy atom. The van der Waals surface area contributed by atoms with E-state index in [0.29, 0.717) is 5.17 Å². The molecule has 1 N–H and O–H groups in total. The summed E-state index contributed by atoms with van der Waals surface area (Å²) in [5.74, 6) is 0.0162. The van der Waals surface area contributed by atoms with E-state index in [1.165, 1.54) is 16.7 Å². The number of carbonyl (C=O) groups is 1. The van der Waals surface area contributed by atoms with Gasteiger partial charge in [-0.2, -0.15) is 0 Å². The SMILES string of the molecule is CN1C(=N)SC(C)(C)C1=O. The number of hydrogen-bond acceptors (Lipinski definition) is 3. The normalized spacial score (nSPS) is 24.1. The van der Waals surface area contributed by atoms with Crippen LogP contribution in [0.5, 0.6) is 0 Å². The van der Waals surface area contributed by atoms with Gasteiger partial charge in [-0.25, -0.2) is 0 Å². The van der Waals surface area contributed by atoms with Gasteiger partial charge in [0.15, 0.2) is 5.17 Å². The predicted molar refractivity (Wildman–Crippen MR) is 42.2 cm³/mol. The molecule has 0 saturated carbocycles. The largest absolute Gasteiger partial charge is 0.294 e. The van der Waals surface area contributed by atoms with Gasteiger partial charge < -0.3 is 0 Å². The lowest BCUT2D eigenvalue weighted by Gasteiger charge is -2.11. The van der Waals surface area contributed by atoms with Gasteiger partial charge in [-0.1, -0.05) is 11.8 Å². The first-order valence-corrected chi connectivity index (χ1v) is 3.82. The minimum absolute atomic E-state index is 0.0162. The van der Waals surface area contributed by atoms with E-state index < -0.39 is 4.75 Å². The van der Waals surface area contributed by atoms with E-state index in [-0.39, 0.29) is 5.91 Å². The van der Waals surface area contributed by atoms with Crippen molar-refractivity contribution in [2.45, 2.75) is 18.6 Å². The summed E-state index contributed by atoms with van der Waals surface area (Å²) < 4.78 is -0.425. The fraction of sp³-hybridized carbons (Fsp3) is 0.667. The van der Waals surface area contributed by atoms with E-state index in [1.54, 1.807) is 7.05 Å². The predicted octanol–water partition coefficient (Wildman–Crippen LogP) is 0.905. The van der Waals surface area contributed by atoms with E-state index in [0.717, 1.165) is 0 Å². The highest BCUT2D eigenvalue weighted by molar-refractivity contribution is 8.16. The summed E-state index contributed by atoms with van der Waals surface area (Å²) in [6.07, 6.45) is 0. The van der Waals surface area contributed by atoms with Gasteiger partial charge in [0.1, 0.15) is 0 Å². The molecule has 0 unspecified atom stereocenters. The molecule has 56 valence electrons. The molecule has 0 bridgehead atoms. The molecule has 0 radical (unpaired) electrons. The number of thioether (sulfide) groups is 1. The highest BCUT2D eigenvalue weighted by Crippen LogP contribution is 2.34. The minimum Gasteiger partial charge on any atom is -0.294 e. The van der Waals surface area contributed by atoms with E-state index >= 15 is 0 Å². The number of amides is 1. The molecule has 0 aromatic rings. The Labute approximate surface area is 64.3 Å². The maximum absolute atomic E-state index is 11.2. The van der Waals surface area contributed by atoms with Crippen LogP contribution in [0.3, 0.4) is 0 Å². The van der Waals surface area contributed by atoms with Crippen LogP contribution >= 0.6 is 11.8 Å². The van der Waals surface area contributed by atoms with Crippen LogP contribution in [0, 0.1) is 5.41 Å². The lowest BCUT2D eigenvalue weighted by atomic mass is 10.2. The third-order valence-electron chi connectivity index (χ3n) is 1.48. The first kappa shape index (κ1) is 7.60. The summed E-state index contributed by atoms with van der Waals surface area (Å²) in [5, 5.41) is 7.65. The zero-order chi connectivity index (χ0) is 7.94. The summed E-state index contributed by atoms with van der Waals surface area (Å²) in [6.45, 7) is 3.66. The maximum Gasteiger partial charge on any atom is 0.244 e. The average molecular weight is 158 g/mol. The van der Waals surface area contributed by atoms with Crippen molar-refractivity contribution in [1.82, 2.24) is 4.90 Å². The number of hydrogen-bond donors (Lipinski definition) is 1. The Morgan fingerprint density at radius 2 is 2.10 bits per heavy atom.